The topological polar surface area (TPSA) is 67.2 Å². The van der Waals surface area contributed by atoms with E-state index in [4.69, 9.17) is 10.00 Å². The van der Waals surface area contributed by atoms with Gasteiger partial charge in [-0.15, -0.1) is 0 Å². The molecule has 122 valence electrons. The first-order valence-corrected chi connectivity index (χ1v) is 7.12. The van der Waals surface area contributed by atoms with Gasteiger partial charge in [-0.1, -0.05) is 0 Å². The van der Waals surface area contributed by atoms with E-state index in [1.807, 2.05) is 6.07 Å². The number of rotatable bonds is 6. The Morgan fingerprint density at radius 2 is 1.75 bits per heavy atom. The number of hydrogen-bond acceptors (Lipinski definition) is 4. The molecule has 0 spiro atoms. The van der Waals surface area contributed by atoms with Crippen molar-refractivity contribution in [2.45, 2.75) is 19.4 Å². The molecule has 0 heterocycles. The molecule has 0 aromatic heterocycles. The third-order valence-corrected chi connectivity index (χ3v) is 3.29. The van der Waals surface area contributed by atoms with Crippen LogP contribution in [0.3, 0.4) is 0 Å². The zero-order valence-electron chi connectivity index (χ0n) is 12.6. The molecule has 2 aromatic rings. The van der Waals surface area contributed by atoms with Crippen LogP contribution < -0.4 is 0 Å². The second-order valence-electron chi connectivity index (χ2n) is 5.01. The highest BCUT2D eigenvalue weighted by molar-refractivity contribution is 5.97. The summed E-state index contributed by atoms with van der Waals surface area (Å²) in [5.74, 6) is -2.01. The average Bonchev–Trinajstić information content (AvgIpc) is 2.59. The predicted octanol–water partition coefficient (Wildman–Crippen LogP) is 3.54. The molecule has 0 fully saturated rings. The summed E-state index contributed by atoms with van der Waals surface area (Å²) in [7, 11) is 0. The van der Waals surface area contributed by atoms with Crippen LogP contribution in [0, 0.1) is 23.0 Å². The summed E-state index contributed by atoms with van der Waals surface area (Å²) in [6.45, 7) is -0.315. The van der Waals surface area contributed by atoms with Gasteiger partial charge in [-0.25, -0.2) is 8.78 Å². The van der Waals surface area contributed by atoms with E-state index in [9.17, 15) is 18.4 Å². The van der Waals surface area contributed by atoms with E-state index >= 15 is 0 Å². The van der Waals surface area contributed by atoms with E-state index in [1.54, 1.807) is 0 Å². The van der Waals surface area contributed by atoms with Crippen LogP contribution in [0.2, 0.25) is 0 Å². The fourth-order valence-corrected chi connectivity index (χ4v) is 1.98. The van der Waals surface area contributed by atoms with Crippen molar-refractivity contribution in [3.8, 4) is 6.07 Å². The molecule has 0 radical (unpaired) electrons. The van der Waals surface area contributed by atoms with Gasteiger partial charge in [0.25, 0.3) is 0 Å². The Morgan fingerprint density at radius 3 is 2.42 bits per heavy atom. The molecule has 2 rings (SSSR count). The molecule has 0 saturated carbocycles. The first-order chi connectivity index (χ1) is 11.5. The normalized spacial score (nSPS) is 10.0. The van der Waals surface area contributed by atoms with E-state index < -0.39 is 17.6 Å². The fraction of sp³-hybridized carbons (Fsp3) is 0.167. The van der Waals surface area contributed by atoms with Crippen molar-refractivity contribution in [3.63, 3.8) is 0 Å². The van der Waals surface area contributed by atoms with Crippen molar-refractivity contribution in [1.82, 2.24) is 0 Å². The molecule has 4 nitrogen and oxygen atoms in total. The molecular weight excluding hydrogens is 316 g/mol. The first kappa shape index (κ1) is 17.3. The number of ketones is 1. The molecule has 0 aliphatic rings. The lowest BCUT2D eigenvalue weighted by Crippen LogP contribution is -2.09. The second kappa shape index (κ2) is 7.97. The van der Waals surface area contributed by atoms with Crippen LogP contribution >= 0.6 is 0 Å². The van der Waals surface area contributed by atoms with Crippen molar-refractivity contribution in [3.05, 3.63) is 70.8 Å². The van der Waals surface area contributed by atoms with Crippen LogP contribution in [0.4, 0.5) is 8.78 Å². The van der Waals surface area contributed by atoms with E-state index in [-0.39, 0.29) is 36.4 Å². The molecule has 0 aliphatic heterocycles. The number of nitrogens with zero attached hydrogens (tertiary/aromatic N) is 1. The molecule has 2 aromatic carbocycles. The van der Waals surface area contributed by atoms with Crippen molar-refractivity contribution >= 4 is 11.8 Å². The minimum absolute atomic E-state index is 0.0901. The van der Waals surface area contributed by atoms with Crippen LogP contribution in [0.25, 0.3) is 0 Å². The summed E-state index contributed by atoms with van der Waals surface area (Å²) in [6.07, 6.45) is -0.263. The van der Waals surface area contributed by atoms with E-state index in [1.165, 1.54) is 24.3 Å². The largest absolute Gasteiger partial charge is 0.461 e. The lowest BCUT2D eigenvalue weighted by atomic mass is 10.1. The maximum absolute atomic E-state index is 13.5. The van der Waals surface area contributed by atoms with Crippen molar-refractivity contribution in [1.29, 1.82) is 5.26 Å². The van der Waals surface area contributed by atoms with Gasteiger partial charge in [0.05, 0.1) is 18.1 Å². The smallest absolute Gasteiger partial charge is 0.306 e. The van der Waals surface area contributed by atoms with Gasteiger partial charge in [0.1, 0.15) is 18.2 Å². The standard InChI is InChI=1S/C18H13F2NO3/c19-15-4-2-13(3-5-15)17(22)7-8-18(23)24-11-14-9-12(10-21)1-6-16(14)20/h1-6,9H,7-8,11H2. The average molecular weight is 329 g/mol. The van der Waals surface area contributed by atoms with Crippen molar-refractivity contribution < 1.29 is 23.1 Å². The number of nitriles is 1. The summed E-state index contributed by atoms with van der Waals surface area (Å²) in [5.41, 5.74) is 0.651. The molecule has 0 bridgehead atoms. The van der Waals surface area contributed by atoms with Gasteiger partial charge >= 0.3 is 5.97 Å². The molecular formula is C18H13F2NO3. The predicted molar refractivity (Wildman–Crippen MR) is 80.9 cm³/mol. The third-order valence-electron chi connectivity index (χ3n) is 3.29. The second-order valence-corrected chi connectivity index (χ2v) is 5.01. The maximum Gasteiger partial charge on any atom is 0.306 e. The highest BCUT2D eigenvalue weighted by atomic mass is 19.1. The number of esters is 1. The fourth-order valence-electron chi connectivity index (χ4n) is 1.98. The Morgan fingerprint density at radius 1 is 1.04 bits per heavy atom. The van der Waals surface area contributed by atoms with Crippen molar-refractivity contribution in [2.75, 3.05) is 0 Å². The Balaban J connectivity index is 1.84. The molecule has 6 heteroatoms. The highest BCUT2D eigenvalue weighted by Crippen LogP contribution is 2.13. The van der Waals surface area contributed by atoms with E-state index in [0.717, 1.165) is 18.2 Å². The van der Waals surface area contributed by atoms with Gasteiger partial charge < -0.3 is 4.74 Å². The first-order valence-electron chi connectivity index (χ1n) is 7.12. The van der Waals surface area contributed by atoms with Crippen LogP contribution in [0.1, 0.15) is 34.3 Å². The number of halogens is 2. The van der Waals surface area contributed by atoms with E-state index in [2.05, 4.69) is 0 Å². The monoisotopic (exact) mass is 329 g/mol. The summed E-state index contributed by atoms with van der Waals surface area (Å²) in [5, 5.41) is 8.76. The van der Waals surface area contributed by atoms with Crippen LogP contribution in [0.5, 0.6) is 0 Å². The van der Waals surface area contributed by atoms with Crippen molar-refractivity contribution in [2.24, 2.45) is 0 Å². The quantitative estimate of drug-likeness (QED) is 0.600. The molecule has 0 amide bonds. The SMILES string of the molecule is N#Cc1ccc(F)c(COC(=O)CCC(=O)c2ccc(F)cc2)c1. The van der Waals surface area contributed by atoms with Crippen LogP contribution in [0.15, 0.2) is 42.5 Å². The Hall–Kier alpha value is -3.07. The lowest BCUT2D eigenvalue weighted by Gasteiger charge is -2.06. The number of ether oxygens (including phenoxy) is 1. The number of carbonyl (C=O) groups excluding carboxylic acids is 2. The highest BCUT2D eigenvalue weighted by Gasteiger charge is 2.12. The van der Waals surface area contributed by atoms with Gasteiger partial charge in [-0.05, 0) is 42.5 Å². The van der Waals surface area contributed by atoms with Gasteiger partial charge in [0, 0.05) is 17.5 Å². The Bertz CT molecular complexity index is 795. The third kappa shape index (κ3) is 4.71. The van der Waals surface area contributed by atoms with Gasteiger partial charge in [0.2, 0.25) is 0 Å². The lowest BCUT2D eigenvalue weighted by molar-refractivity contribution is -0.144. The number of carbonyl (C=O) groups is 2. The number of benzene rings is 2. The zero-order valence-corrected chi connectivity index (χ0v) is 12.6. The molecule has 0 unspecified atom stereocenters. The summed E-state index contributed by atoms with van der Waals surface area (Å²) < 4.78 is 31.2. The maximum atomic E-state index is 13.5. The molecule has 24 heavy (non-hydrogen) atoms. The molecule has 0 N–H and O–H groups in total. The van der Waals surface area contributed by atoms with Gasteiger partial charge in [-0.2, -0.15) is 5.26 Å². The zero-order chi connectivity index (χ0) is 17.5. The molecule has 0 atom stereocenters. The Kier molecular flexibility index (Phi) is 5.74. The number of hydrogen-bond donors (Lipinski definition) is 0. The summed E-state index contributed by atoms with van der Waals surface area (Å²) in [4.78, 5) is 23.5. The minimum atomic E-state index is -0.660. The minimum Gasteiger partial charge on any atom is -0.461 e. The van der Waals surface area contributed by atoms with Crippen LogP contribution in [-0.4, -0.2) is 11.8 Å². The molecule has 0 aliphatic carbocycles. The van der Waals surface area contributed by atoms with Gasteiger partial charge in [0.15, 0.2) is 5.78 Å². The summed E-state index contributed by atoms with van der Waals surface area (Å²) in [6, 6.07) is 10.6. The summed E-state index contributed by atoms with van der Waals surface area (Å²) >= 11 is 0. The van der Waals surface area contributed by atoms with Gasteiger partial charge in [-0.3, -0.25) is 9.59 Å². The number of Topliss-reactive ketones (excluding diaryl/α,β-unsaturated/α-hetero) is 1. The van der Waals surface area contributed by atoms with Crippen LogP contribution in [-0.2, 0) is 16.1 Å². The van der Waals surface area contributed by atoms with E-state index in [0.29, 0.717) is 5.56 Å². The molecule has 0 saturated heterocycles. The Labute approximate surface area is 137 Å².